The molecular formula is C27H28ClNO7. The lowest BCUT2D eigenvalue weighted by molar-refractivity contribution is -0.139. The average molecular weight is 514 g/mol. The zero-order chi connectivity index (χ0) is 26.2. The van der Waals surface area contributed by atoms with Crippen LogP contribution in [0.25, 0.3) is 6.08 Å². The van der Waals surface area contributed by atoms with Crippen molar-refractivity contribution < 1.29 is 33.6 Å². The lowest BCUT2D eigenvalue weighted by Crippen LogP contribution is -2.38. The summed E-state index contributed by atoms with van der Waals surface area (Å²) in [5.74, 6) is -2.17. The molecule has 0 saturated carbocycles. The minimum absolute atomic E-state index is 0.00848. The monoisotopic (exact) mass is 513 g/mol. The summed E-state index contributed by atoms with van der Waals surface area (Å²) in [7, 11) is 4.42. The predicted molar refractivity (Wildman–Crippen MR) is 135 cm³/mol. The van der Waals surface area contributed by atoms with Gasteiger partial charge < -0.3 is 29.4 Å². The van der Waals surface area contributed by atoms with E-state index in [1.165, 1.54) is 14.2 Å². The number of carboxylic acids is 1. The molecule has 2 aromatic rings. The van der Waals surface area contributed by atoms with Crippen LogP contribution >= 0.6 is 11.6 Å². The van der Waals surface area contributed by atoms with Crippen molar-refractivity contribution in [3.05, 3.63) is 93.3 Å². The van der Waals surface area contributed by atoms with Gasteiger partial charge in [-0.1, -0.05) is 41.9 Å². The molecule has 1 aliphatic heterocycles. The zero-order valence-electron chi connectivity index (χ0n) is 20.4. The lowest BCUT2D eigenvalue weighted by atomic mass is 9.80. The standard InChI is InChI=1S/C27H28ClNO7/c1-16-21(25(30)31)22(18-10-6-11-19(28)15-18)23(24(29-16)27(34-3)35-4)26(32)36-13-7-9-17-8-5-12-20(14-17)33-2/h5-12,14-15,22,27,29H,13H2,1-4H3,(H,30,31)/b9-7+. The van der Waals surface area contributed by atoms with Crippen molar-refractivity contribution in [1.82, 2.24) is 5.32 Å². The van der Waals surface area contributed by atoms with E-state index in [2.05, 4.69) is 5.32 Å². The Kier molecular flexibility index (Phi) is 9.30. The molecule has 1 atom stereocenters. The molecule has 36 heavy (non-hydrogen) atoms. The molecule has 0 saturated heterocycles. The van der Waals surface area contributed by atoms with Crippen LogP contribution in [0.2, 0.25) is 5.02 Å². The number of carboxylic acid groups (broad SMARTS) is 1. The fourth-order valence-corrected chi connectivity index (χ4v) is 4.23. The molecule has 1 aliphatic rings. The third-order valence-corrected chi connectivity index (χ3v) is 5.84. The van der Waals surface area contributed by atoms with Crippen LogP contribution in [0.3, 0.4) is 0 Å². The molecule has 1 unspecified atom stereocenters. The summed E-state index contributed by atoms with van der Waals surface area (Å²) in [5.41, 5.74) is 2.04. The average Bonchev–Trinajstić information content (AvgIpc) is 2.86. The molecule has 0 aliphatic carbocycles. The summed E-state index contributed by atoms with van der Waals surface area (Å²) in [6.07, 6.45) is 2.51. The van der Waals surface area contributed by atoms with E-state index in [-0.39, 0.29) is 23.5 Å². The highest BCUT2D eigenvalue weighted by atomic mass is 35.5. The Balaban J connectivity index is 1.99. The van der Waals surface area contributed by atoms with Gasteiger partial charge in [0.2, 0.25) is 0 Å². The van der Waals surface area contributed by atoms with Crippen molar-refractivity contribution in [2.45, 2.75) is 19.1 Å². The van der Waals surface area contributed by atoms with E-state index < -0.39 is 24.1 Å². The van der Waals surface area contributed by atoms with E-state index in [0.29, 0.717) is 22.0 Å². The number of methoxy groups -OCH3 is 3. The van der Waals surface area contributed by atoms with Gasteiger partial charge in [-0.15, -0.1) is 0 Å². The van der Waals surface area contributed by atoms with Crippen LogP contribution in [-0.2, 0) is 23.8 Å². The molecule has 2 N–H and O–H groups in total. The Bertz CT molecular complexity index is 1210. The Morgan fingerprint density at radius 2 is 1.81 bits per heavy atom. The van der Waals surface area contributed by atoms with E-state index in [4.69, 9.17) is 30.5 Å². The van der Waals surface area contributed by atoms with Gasteiger partial charge in [-0.25, -0.2) is 9.59 Å². The number of esters is 1. The number of halogens is 1. The van der Waals surface area contributed by atoms with Gasteiger partial charge in [0.25, 0.3) is 0 Å². The van der Waals surface area contributed by atoms with Gasteiger partial charge in [-0.3, -0.25) is 0 Å². The topological polar surface area (TPSA) is 103 Å². The molecule has 0 spiro atoms. The Morgan fingerprint density at radius 1 is 1.08 bits per heavy atom. The normalized spacial score (nSPS) is 15.9. The van der Waals surface area contributed by atoms with Gasteiger partial charge >= 0.3 is 11.9 Å². The Labute approximate surface area is 214 Å². The highest BCUT2D eigenvalue weighted by Crippen LogP contribution is 2.40. The highest BCUT2D eigenvalue weighted by Gasteiger charge is 2.40. The number of allylic oxidation sites excluding steroid dienone is 1. The van der Waals surface area contributed by atoms with Crippen LogP contribution in [-0.4, -0.2) is 51.3 Å². The molecule has 9 heteroatoms. The van der Waals surface area contributed by atoms with E-state index in [9.17, 15) is 14.7 Å². The number of rotatable bonds is 10. The van der Waals surface area contributed by atoms with Gasteiger partial charge in [0.05, 0.1) is 29.9 Å². The van der Waals surface area contributed by atoms with Crippen molar-refractivity contribution in [3.63, 3.8) is 0 Å². The lowest BCUT2D eigenvalue weighted by Gasteiger charge is -2.33. The third kappa shape index (κ3) is 6.15. The number of nitrogens with one attached hydrogen (secondary N) is 1. The zero-order valence-corrected chi connectivity index (χ0v) is 21.2. The van der Waals surface area contributed by atoms with Gasteiger partial charge in [0.15, 0.2) is 6.29 Å². The van der Waals surface area contributed by atoms with E-state index >= 15 is 0 Å². The molecule has 190 valence electrons. The molecule has 0 amide bonds. The van der Waals surface area contributed by atoms with Crippen LogP contribution in [0, 0.1) is 0 Å². The first-order valence-electron chi connectivity index (χ1n) is 11.0. The van der Waals surface area contributed by atoms with Crippen molar-refractivity contribution in [2.75, 3.05) is 27.9 Å². The summed E-state index contributed by atoms with van der Waals surface area (Å²) in [4.78, 5) is 25.8. The number of aliphatic carboxylic acids is 1. The number of hydrogen-bond acceptors (Lipinski definition) is 7. The fraction of sp³-hybridized carbons (Fsp3) is 0.259. The minimum Gasteiger partial charge on any atom is -0.497 e. The summed E-state index contributed by atoms with van der Waals surface area (Å²) >= 11 is 6.21. The quantitative estimate of drug-likeness (QED) is 0.353. The maximum atomic E-state index is 13.5. The SMILES string of the molecule is COc1cccc(/C=C/COC(=O)C2=C(C(OC)OC)NC(C)=C(C(=O)O)C2c2cccc(Cl)c2)c1. The number of benzene rings is 2. The van der Waals surface area contributed by atoms with Crippen molar-refractivity contribution in [3.8, 4) is 5.75 Å². The van der Waals surface area contributed by atoms with Crippen LogP contribution in [0.4, 0.5) is 0 Å². The fourth-order valence-electron chi connectivity index (χ4n) is 4.03. The first-order valence-corrected chi connectivity index (χ1v) is 11.4. The first-order chi connectivity index (χ1) is 17.3. The Morgan fingerprint density at radius 3 is 2.44 bits per heavy atom. The number of carbonyl (C=O) groups is 2. The van der Waals surface area contributed by atoms with Crippen molar-refractivity contribution >= 4 is 29.6 Å². The number of hydrogen-bond donors (Lipinski definition) is 2. The molecule has 8 nitrogen and oxygen atoms in total. The second-order valence-electron chi connectivity index (χ2n) is 7.86. The molecule has 2 aromatic carbocycles. The van der Waals surface area contributed by atoms with Gasteiger partial charge in [0.1, 0.15) is 12.4 Å². The Hall–Kier alpha value is -3.59. The van der Waals surface area contributed by atoms with Crippen LogP contribution in [0.5, 0.6) is 5.75 Å². The summed E-state index contributed by atoms with van der Waals surface area (Å²) < 4.78 is 21.6. The summed E-state index contributed by atoms with van der Waals surface area (Å²) in [6, 6.07) is 14.1. The molecule has 1 heterocycles. The molecule has 0 radical (unpaired) electrons. The minimum atomic E-state index is -1.18. The van der Waals surface area contributed by atoms with Gasteiger partial charge in [-0.05, 0) is 48.4 Å². The van der Waals surface area contributed by atoms with Crippen LogP contribution < -0.4 is 10.1 Å². The molecule has 0 bridgehead atoms. The van der Waals surface area contributed by atoms with E-state index in [1.54, 1.807) is 50.5 Å². The summed E-state index contributed by atoms with van der Waals surface area (Å²) in [5, 5.41) is 13.4. The van der Waals surface area contributed by atoms with E-state index in [0.717, 1.165) is 5.56 Å². The van der Waals surface area contributed by atoms with Crippen molar-refractivity contribution in [1.29, 1.82) is 0 Å². The largest absolute Gasteiger partial charge is 0.497 e. The molecular weight excluding hydrogens is 486 g/mol. The van der Waals surface area contributed by atoms with Crippen LogP contribution in [0.15, 0.2) is 77.1 Å². The van der Waals surface area contributed by atoms with Gasteiger partial charge in [-0.2, -0.15) is 0 Å². The molecule has 3 rings (SSSR count). The maximum Gasteiger partial charge on any atom is 0.337 e. The van der Waals surface area contributed by atoms with Gasteiger partial charge in [0, 0.05) is 24.9 Å². The smallest absolute Gasteiger partial charge is 0.337 e. The molecule has 0 fully saturated rings. The second-order valence-corrected chi connectivity index (χ2v) is 8.30. The van der Waals surface area contributed by atoms with E-state index in [1.807, 2.05) is 24.3 Å². The third-order valence-electron chi connectivity index (χ3n) is 5.60. The second kappa shape index (κ2) is 12.4. The maximum absolute atomic E-state index is 13.5. The number of carbonyl (C=O) groups excluding carboxylic acids is 1. The predicted octanol–water partition coefficient (Wildman–Crippen LogP) is 4.52. The van der Waals surface area contributed by atoms with Crippen LogP contribution in [0.1, 0.15) is 24.0 Å². The van der Waals surface area contributed by atoms with Crippen molar-refractivity contribution in [2.24, 2.45) is 0 Å². The summed E-state index contributed by atoms with van der Waals surface area (Å²) in [6.45, 7) is 1.56. The molecule has 0 aromatic heterocycles. The first kappa shape index (κ1) is 27.0. The number of dihydropyridines is 1. The number of ether oxygens (including phenoxy) is 4. The highest BCUT2D eigenvalue weighted by molar-refractivity contribution is 6.30.